The van der Waals surface area contributed by atoms with Crippen LogP contribution in [0.5, 0.6) is 5.75 Å². The van der Waals surface area contributed by atoms with Gasteiger partial charge in [0.05, 0.1) is 11.1 Å². The third-order valence-corrected chi connectivity index (χ3v) is 3.32. The van der Waals surface area contributed by atoms with Crippen LogP contribution in [0.2, 0.25) is 5.02 Å². The molecule has 2 N–H and O–H groups in total. The minimum atomic E-state index is -0.362. The molecule has 16 heavy (non-hydrogen) atoms. The lowest BCUT2D eigenvalue weighted by Gasteiger charge is -2.27. The van der Waals surface area contributed by atoms with Crippen LogP contribution in [0.1, 0.15) is 38.7 Å². The number of ether oxygens (including phenoxy) is 1. The summed E-state index contributed by atoms with van der Waals surface area (Å²) < 4.78 is 5.78. The van der Waals surface area contributed by atoms with Gasteiger partial charge in [-0.3, -0.25) is 0 Å². The molecule has 1 aromatic carbocycles. The predicted octanol–water partition coefficient (Wildman–Crippen LogP) is 3.47. The number of halogens is 1. The molecule has 0 aromatic heterocycles. The molecule has 0 amide bonds. The first-order valence-electron chi connectivity index (χ1n) is 5.72. The molecule has 2 rings (SSSR count). The Kier molecular flexibility index (Phi) is 3.13. The third kappa shape index (κ3) is 2.50. The average molecular weight is 240 g/mol. The van der Waals surface area contributed by atoms with E-state index in [0.29, 0.717) is 11.1 Å². The SMILES string of the molecule is CC(C)(N)c1ccc(OC2CCC2)c(Cl)c1. The number of nitrogens with two attached hydrogens (primary N) is 1. The first-order valence-corrected chi connectivity index (χ1v) is 6.10. The average Bonchev–Trinajstić information content (AvgIpc) is 2.11. The second kappa shape index (κ2) is 4.27. The summed E-state index contributed by atoms with van der Waals surface area (Å²) in [6.45, 7) is 3.93. The number of hydrogen-bond donors (Lipinski definition) is 1. The molecular weight excluding hydrogens is 222 g/mol. The minimum Gasteiger partial charge on any atom is -0.489 e. The Morgan fingerprint density at radius 2 is 2.06 bits per heavy atom. The van der Waals surface area contributed by atoms with E-state index in [9.17, 15) is 0 Å². The summed E-state index contributed by atoms with van der Waals surface area (Å²) in [4.78, 5) is 0. The Morgan fingerprint density at radius 1 is 1.38 bits per heavy atom. The van der Waals surface area contributed by atoms with E-state index in [0.717, 1.165) is 24.2 Å². The molecule has 1 aliphatic carbocycles. The fraction of sp³-hybridized carbons (Fsp3) is 0.538. The van der Waals surface area contributed by atoms with Crippen molar-refractivity contribution in [2.45, 2.75) is 44.8 Å². The molecular formula is C13H18ClNO. The van der Waals surface area contributed by atoms with Gasteiger partial charge in [0.25, 0.3) is 0 Å². The summed E-state index contributed by atoms with van der Waals surface area (Å²) in [7, 11) is 0. The van der Waals surface area contributed by atoms with Crippen LogP contribution in [-0.2, 0) is 5.54 Å². The van der Waals surface area contributed by atoms with Crippen molar-refractivity contribution in [3.05, 3.63) is 28.8 Å². The zero-order valence-corrected chi connectivity index (χ0v) is 10.6. The van der Waals surface area contributed by atoms with Crippen LogP contribution in [0.15, 0.2) is 18.2 Å². The van der Waals surface area contributed by atoms with Crippen LogP contribution in [0.3, 0.4) is 0 Å². The summed E-state index contributed by atoms with van der Waals surface area (Å²) in [6.07, 6.45) is 3.89. The quantitative estimate of drug-likeness (QED) is 0.877. The Labute approximate surface area is 102 Å². The van der Waals surface area contributed by atoms with Crippen molar-refractivity contribution in [2.24, 2.45) is 5.73 Å². The smallest absolute Gasteiger partial charge is 0.138 e. The van der Waals surface area contributed by atoms with Gasteiger partial charge in [-0.05, 0) is 50.8 Å². The number of benzene rings is 1. The zero-order valence-electron chi connectivity index (χ0n) is 9.79. The molecule has 0 heterocycles. The molecule has 0 bridgehead atoms. The summed E-state index contributed by atoms with van der Waals surface area (Å²) in [5, 5.41) is 0.655. The van der Waals surface area contributed by atoms with Gasteiger partial charge in [0, 0.05) is 5.54 Å². The van der Waals surface area contributed by atoms with E-state index in [1.165, 1.54) is 6.42 Å². The van der Waals surface area contributed by atoms with Gasteiger partial charge in [-0.15, -0.1) is 0 Å². The largest absolute Gasteiger partial charge is 0.489 e. The van der Waals surface area contributed by atoms with Crippen LogP contribution in [0.4, 0.5) is 0 Å². The van der Waals surface area contributed by atoms with Gasteiger partial charge in [-0.2, -0.15) is 0 Å². The maximum absolute atomic E-state index is 6.18. The van der Waals surface area contributed by atoms with Gasteiger partial charge >= 0.3 is 0 Å². The molecule has 88 valence electrons. The zero-order chi connectivity index (χ0) is 11.8. The van der Waals surface area contributed by atoms with Crippen molar-refractivity contribution in [3.63, 3.8) is 0 Å². The highest BCUT2D eigenvalue weighted by atomic mass is 35.5. The highest BCUT2D eigenvalue weighted by Crippen LogP contribution is 2.32. The van der Waals surface area contributed by atoms with E-state index < -0.39 is 0 Å². The molecule has 1 aromatic rings. The predicted molar refractivity (Wildman–Crippen MR) is 66.9 cm³/mol. The fourth-order valence-corrected chi connectivity index (χ4v) is 1.89. The normalized spacial score (nSPS) is 17.0. The van der Waals surface area contributed by atoms with E-state index in [1.54, 1.807) is 0 Å². The summed E-state index contributed by atoms with van der Waals surface area (Å²) >= 11 is 6.18. The highest BCUT2D eigenvalue weighted by Gasteiger charge is 2.21. The Balaban J connectivity index is 2.15. The molecule has 1 saturated carbocycles. The molecule has 2 nitrogen and oxygen atoms in total. The van der Waals surface area contributed by atoms with Gasteiger partial charge < -0.3 is 10.5 Å². The van der Waals surface area contributed by atoms with Gasteiger partial charge in [0.1, 0.15) is 5.75 Å². The summed E-state index contributed by atoms with van der Waals surface area (Å²) in [5.74, 6) is 0.777. The second-order valence-corrected chi connectivity index (χ2v) is 5.44. The van der Waals surface area contributed by atoms with Crippen LogP contribution in [0.25, 0.3) is 0 Å². The highest BCUT2D eigenvalue weighted by molar-refractivity contribution is 6.32. The Hall–Kier alpha value is -0.730. The van der Waals surface area contributed by atoms with Gasteiger partial charge in [0.15, 0.2) is 0 Å². The molecule has 1 aliphatic rings. The topological polar surface area (TPSA) is 35.2 Å². The van der Waals surface area contributed by atoms with E-state index in [1.807, 2.05) is 32.0 Å². The monoisotopic (exact) mass is 239 g/mol. The number of rotatable bonds is 3. The lowest BCUT2D eigenvalue weighted by atomic mass is 9.95. The molecule has 1 fully saturated rings. The van der Waals surface area contributed by atoms with Crippen molar-refractivity contribution >= 4 is 11.6 Å². The minimum absolute atomic E-state index is 0.356. The first-order chi connectivity index (χ1) is 7.47. The molecule has 0 radical (unpaired) electrons. The Bertz CT molecular complexity index is 380. The van der Waals surface area contributed by atoms with E-state index >= 15 is 0 Å². The van der Waals surface area contributed by atoms with Crippen molar-refractivity contribution in [2.75, 3.05) is 0 Å². The summed E-state index contributed by atoms with van der Waals surface area (Å²) in [6, 6.07) is 5.81. The lowest BCUT2D eigenvalue weighted by molar-refractivity contribution is 0.120. The molecule has 0 unspecified atom stereocenters. The first kappa shape index (κ1) is 11.7. The van der Waals surface area contributed by atoms with E-state index in [4.69, 9.17) is 22.1 Å². The van der Waals surface area contributed by atoms with Crippen molar-refractivity contribution in [3.8, 4) is 5.75 Å². The van der Waals surface area contributed by atoms with Gasteiger partial charge in [-0.1, -0.05) is 17.7 Å². The van der Waals surface area contributed by atoms with Crippen molar-refractivity contribution in [1.29, 1.82) is 0 Å². The standard InChI is InChI=1S/C13H18ClNO/c1-13(2,15)9-6-7-12(11(14)8-9)16-10-4-3-5-10/h6-8,10H,3-5,15H2,1-2H3. The molecule has 0 aliphatic heterocycles. The van der Waals surface area contributed by atoms with Crippen molar-refractivity contribution in [1.82, 2.24) is 0 Å². The second-order valence-electron chi connectivity index (χ2n) is 5.04. The van der Waals surface area contributed by atoms with Crippen molar-refractivity contribution < 1.29 is 4.74 Å². The third-order valence-electron chi connectivity index (χ3n) is 3.02. The fourth-order valence-electron chi connectivity index (χ4n) is 1.67. The van der Waals surface area contributed by atoms with Crippen LogP contribution in [-0.4, -0.2) is 6.10 Å². The van der Waals surface area contributed by atoms with E-state index in [2.05, 4.69) is 0 Å². The molecule has 0 spiro atoms. The van der Waals surface area contributed by atoms with Gasteiger partial charge in [0.2, 0.25) is 0 Å². The van der Waals surface area contributed by atoms with E-state index in [-0.39, 0.29) is 5.54 Å². The van der Waals surface area contributed by atoms with Crippen LogP contribution >= 0.6 is 11.6 Å². The Morgan fingerprint density at radius 3 is 2.50 bits per heavy atom. The van der Waals surface area contributed by atoms with Crippen LogP contribution in [0, 0.1) is 0 Å². The maximum Gasteiger partial charge on any atom is 0.138 e. The van der Waals surface area contributed by atoms with Gasteiger partial charge in [-0.25, -0.2) is 0 Å². The summed E-state index contributed by atoms with van der Waals surface area (Å²) in [5.41, 5.74) is 6.68. The van der Waals surface area contributed by atoms with Crippen LogP contribution < -0.4 is 10.5 Å². The lowest BCUT2D eigenvalue weighted by Crippen LogP contribution is -2.28. The number of hydrogen-bond acceptors (Lipinski definition) is 2. The molecule has 3 heteroatoms. The molecule has 0 saturated heterocycles. The molecule has 0 atom stereocenters. The maximum atomic E-state index is 6.18.